The quantitative estimate of drug-likeness (QED) is 0.513. The molecule has 0 radical (unpaired) electrons. The third-order valence-corrected chi connectivity index (χ3v) is 0.526. The van der Waals surface area contributed by atoms with Gasteiger partial charge in [0.05, 0.1) is 6.10 Å². The van der Waals surface area contributed by atoms with Gasteiger partial charge in [0.1, 0.15) is 0 Å². The van der Waals surface area contributed by atoms with Crippen molar-refractivity contribution in [2.75, 3.05) is 0 Å². The number of aliphatic hydroxyl groups excluding tert-OH is 1. The van der Waals surface area contributed by atoms with Gasteiger partial charge < -0.3 is 5.11 Å². The Morgan fingerprint density at radius 3 is 2.43 bits per heavy atom. The highest BCUT2D eigenvalue weighted by atomic mass is 16.3. The molecule has 0 unspecified atom stereocenters. The highest BCUT2D eigenvalue weighted by Gasteiger charge is 1.78. The minimum absolute atomic E-state index is 0.349. The van der Waals surface area contributed by atoms with Gasteiger partial charge in [-0.3, -0.25) is 0 Å². The van der Waals surface area contributed by atoms with Crippen molar-refractivity contribution in [1.29, 1.82) is 0 Å². The van der Waals surface area contributed by atoms with Gasteiger partial charge in [-0.05, 0) is 6.92 Å². The van der Waals surface area contributed by atoms with Crippen LogP contribution in [0.2, 0.25) is 0 Å². The Hall–Kier alpha value is -0.560. The van der Waals surface area contributed by atoms with Crippen LogP contribution in [0.4, 0.5) is 0 Å². The maximum Gasteiger partial charge on any atom is 0.0695 e. The summed E-state index contributed by atoms with van der Waals surface area (Å²) in [6.07, 6.45) is 4.66. The highest BCUT2D eigenvalue weighted by molar-refractivity contribution is 4.99. The molecule has 0 aromatic rings. The summed E-state index contributed by atoms with van der Waals surface area (Å²) in [7, 11) is 0. The van der Waals surface area contributed by atoms with E-state index in [4.69, 9.17) is 5.11 Å². The Kier molecular flexibility index (Phi) is 3.33. The maximum absolute atomic E-state index is 8.55. The normalized spacial score (nSPS) is 14.6. The summed E-state index contributed by atoms with van der Waals surface area (Å²) < 4.78 is 0. The van der Waals surface area contributed by atoms with Crippen LogP contribution in [0.5, 0.6) is 0 Å². The monoisotopic (exact) mass is 98.1 g/mol. The van der Waals surface area contributed by atoms with Crippen LogP contribution in [-0.4, -0.2) is 11.2 Å². The van der Waals surface area contributed by atoms with Crippen molar-refractivity contribution in [3.63, 3.8) is 0 Å². The van der Waals surface area contributed by atoms with Crippen LogP contribution < -0.4 is 0 Å². The molecule has 1 nitrogen and oxygen atoms in total. The number of aliphatic hydroxyl groups is 1. The van der Waals surface area contributed by atoms with Gasteiger partial charge in [0.2, 0.25) is 0 Å². The van der Waals surface area contributed by atoms with E-state index < -0.39 is 0 Å². The molecule has 0 heterocycles. The van der Waals surface area contributed by atoms with E-state index in [9.17, 15) is 0 Å². The fourth-order valence-corrected chi connectivity index (χ4v) is 0.239. The molecule has 0 saturated heterocycles. The van der Waals surface area contributed by atoms with Crippen LogP contribution in [0.3, 0.4) is 0 Å². The predicted octanol–water partition coefficient (Wildman–Crippen LogP) is 1.11. The van der Waals surface area contributed by atoms with E-state index in [-0.39, 0.29) is 6.10 Å². The first-order chi connectivity index (χ1) is 3.27. The number of rotatable bonds is 2. The molecule has 0 aromatic heterocycles. The van der Waals surface area contributed by atoms with E-state index >= 15 is 0 Å². The molecule has 0 aliphatic carbocycles. The third-order valence-electron chi connectivity index (χ3n) is 0.526. The third kappa shape index (κ3) is 5.44. The summed E-state index contributed by atoms with van der Waals surface area (Å²) in [6, 6.07) is 0. The van der Waals surface area contributed by atoms with Crippen molar-refractivity contribution < 1.29 is 5.11 Å². The van der Waals surface area contributed by atoms with Crippen molar-refractivity contribution in [3.05, 3.63) is 24.8 Å². The van der Waals surface area contributed by atoms with Crippen LogP contribution in [0.1, 0.15) is 6.92 Å². The largest absolute Gasteiger partial charge is 0.389 e. The number of hydrogen-bond donors (Lipinski definition) is 1. The fraction of sp³-hybridized carbons (Fsp3) is 0.333. The molecule has 0 spiro atoms. The summed E-state index contributed by atoms with van der Waals surface area (Å²) in [6.45, 7) is 5.13. The second-order valence-corrected chi connectivity index (χ2v) is 1.36. The molecule has 1 heteroatoms. The van der Waals surface area contributed by atoms with Crippen LogP contribution in [0.25, 0.3) is 0 Å². The lowest BCUT2D eigenvalue weighted by atomic mass is 10.3. The second kappa shape index (κ2) is 3.62. The number of allylic oxidation sites excluding steroid dienone is 2. The van der Waals surface area contributed by atoms with Gasteiger partial charge in [-0.25, -0.2) is 0 Å². The van der Waals surface area contributed by atoms with Crippen molar-refractivity contribution in [3.8, 4) is 0 Å². The van der Waals surface area contributed by atoms with E-state index in [1.807, 2.05) is 0 Å². The van der Waals surface area contributed by atoms with Gasteiger partial charge in [-0.2, -0.15) is 0 Å². The van der Waals surface area contributed by atoms with Gasteiger partial charge in [0, 0.05) is 0 Å². The summed E-state index contributed by atoms with van der Waals surface area (Å²) in [5.41, 5.74) is 0. The molecule has 0 saturated carbocycles. The van der Waals surface area contributed by atoms with Gasteiger partial charge in [-0.1, -0.05) is 24.8 Å². The standard InChI is InChI=1S/C6H10O/c1-3-4-5-6(2)7/h3-7H,1H2,2H3/b5-4+/t6-/m0/s1. The van der Waals surface area contributed by atoms with Gasteiger partial charge >= 0.3 is 0 Å². The molecular weight excluding hydrogens is 88.1 g/mol. The van der Waals surface area contributed by atoms with Gasteiger partial charge in [0.15, 0.2) is 0 Å². The molecule has 0 amide bonds. The summed E-state index contributed by atoms with van der Waals surface area (Å²) in [5.74, 6) is 0. The summed E-state index contributed by atoms with van der Waals surface area (Å²) >= 11 is 0. The average molecular weight is 98.1 g/mol. The fourth-order valence-electron chi connectivity index (χ4n) is 0.239. The van der Waals surface area contributed by atoms with Crippen molar-refractivity contribution in [1.82, 2.24) is 0 Å². The van der Waals surface area contributed by atoms with E-state index in [2.05, 4.69) is 6.58 Å². The van der Waals surface area contributed by atoms with Crippen molar-refractivity contribution in [2.24, 2.45) is 0 Å². The molecule has 0 fully saturated rings. The Balaban J connectivity index is 3.25. The van der Waals surface area contributed by atoms with Gasteiger partial charge in [-0.15, -0.1) is 0 Å². The first kappa shape index (κ1) is 6.44. The minimum atomic E-state index is -0.349. The molecular formula is C6H10O. The van der Waals surface area contributed by atoms with Crippen LogP contribution in [0.15, 0.2) is 24.8 Å². The lowest BCUT2D eigenvalue weighted by molar-refractivity contribution is 0.244. The van der Waals surface area contributed by atoms with Crippen LogP contribution in [0, 0.1) is 0 Å². The molecule has 0 aliphatic heterocycles. The van der Waals surface area contributed by atoms with Gasteiger partial charge in [0.25, 0.3) is 0 Å². The Morgan fingerprint density at radius 2 is 2.29 bits per heavy atom. The number of hydrogen-bond acceptors (Lipinski definition) is 1. The first-order valence-electron chi connectivity index (χ1n) is 2.24. The molecule has 0 rings (SSSR count). The Bertz CT molecular complexity index is 72.2. The molecule has 0 bridgehead atoms. The van der Waals surface area contributed by atoms with E-state index in [1.54, 1.807) is 25.2 Å². The topological polar surface area (TPSA) is 20.2 Å². The predicted molar refractivity (Wildman–Crippen MR) is 31.0 cm³/mol. The summed E-state index contributed by atoms with van der Waals surface area (Å²) in [5, 5.41) is 8.55. The highest BCUT2D eigenvalue weighted by Crippen LogP contribution is 1.80. The smallest absolute Gasteiger partial charge is 0.0695 e. The molecule has 0 aromatic carbocycles. The Morgan fingerprint density at radius 1 is 1.71 bits per heavy atom. The van der Waals surface area contributed by atoms with E-state index in [0.29, 0.717) is 0 Å². The van der Waals surface area contributed by atoms with Crippen LogP contribution in [-0.2, 0) is 0 Å². The zero-order valence-electron chi connectivity index (χ0n) is 4.46. The zero-order valence-corrected chi connectivity index (χ0v) is 4.46. The SMILES string of the molecule is C=C/C=C/[C@H](C)O. The van der Waals surface area contributed by atoms with E-state index in [0.717, 1.165) is 0 Å². The second-order valence-electron chi connectivity index (χ2n) is 1.36. The molecule has 1 atom stereocenters. The van der Waals surface area contributed by atoms with Crippen molar-refractivity contribution in [2.45, 2.75) is 13.0 Å². The molecule has 0 aliphatic rings. The lowest BCUT2D eigenvalue weighted by Crippen LogP contribution is -1.90. The zero-order chi connectivity index (χ0) is 5.70. The molecule has 40 valence electrons. The first-order valence-corrected chi connectivity index (χ1v) is 2.24. The average Bonchev–Trinajstić information content (AvgIpc) is 1.61. The lowest BCUT2D eigenvalue weighted by Gasteiger charge is -1.87. The molecule has 1 N–H and O–H groups in total. The van der Waals surface area contributed by atoms with E-state index in [1.165, 1.54) is 0 Å². The minimum Gasteiger partial charge on any atom is -0.389 e. The maximum atomic E-state index is 8.55. The van der Waals surface area contributed by atoms with Crippen LogP contribution >= 0.6 is 0 Å². The van der Waals surface area contributed by atoms with Crippen molar-refractivity contribution >= 4 is 0 Å². The summed E-state index contributed by atoms with van der Waals surface area (Å²) in [4.78, 5) is 0. The Labute approximate surface area is 44.0 Å². The molecule has 7 heavy (non-hydrogen) atoms.